The zero-order chi connectivity index (χ0) is 29.1. The molecule has 214 valence electrons. The summed E-state index contributed by atoms with van der Waals surface area (Å²) in [5.74, 6) is -2.46. The van der Waals surface area contributed by atoms with E-state index in [9.17, 15) is 23.2 Å². The highest BCUT2D eigenvalue weighted by Crippen LogP contribution is 2.44. The van der Waals surface area contributed by atoms with Crippen molar-refractivity contribution in [3.05, 3.63) is 99.8 Å². The Hall–Kier alpha value is -3.85. The molecule has 1 unspecified atom stereocenters. The van der Waals surface area contributed by atoms with Crippen LogP contribution in [0.1, 0.15) is 58.2 Å². The number of benzene rings is 2. The highest BCUT2D eigenvalue weighted by Gasteiger charge is 2.51. The molecule has 2 aliphatic heterocycles. The molecule has 10 heteroatoms. The Bertz CT molecular complexity index is 1460. The van der Waals surface area contributed by atoms with Gasteiger partial charge in [0.05, 0.1) is 6.61 Å². The van der Waals surface area contributed by atoms with Gasteiger partial charge in [0.25, 0.3) is 11.8 Å². The van der Waals surface area contributed by atoms with Gasteiger partial charge in [-0.25, -0.2) is 18.6 Å². The first kappa shape index (κ1) is 28.7. The van der Waals surface area contributed by atoms with E-state index in [4.69, 9.17) is 16.3 Å². The Balaban J connectivity index is 1.26. The van der Waals surface area contributed by atoms with Crippen LogP contribution in [0.2, 0.25) is 5.15 Å². The normalized spacial score (nSPS) is 18.0. The Labute approximate surface area is 242 Å². The lowest BCUT2D eigenvalue weighted by molar-refractivity contribution is -0.147. The number of likely N-dealkylation sites (tertiary alicyclic amines) is 2. The molecule has 2 aliphatic rings. The number of aromatic nitrogens is 1. The van der Waals surface area contributed by atoms with Gasteiger partial charge in [-0.15, -0.1) is 0 Å². The SMILES string of the molecule is CCOC(=O)C1CC2(CCN(C(=O)c3ccc(Cc4cccc(F)c4)cc3)CC2)CN1C(=O)c1nc(Cl)ccc1F. The summed E-state index contributed by atoms with van der Waals surface area (Å²) < 4.78 is 33.2. The summed E-state index contributed by atoms with van der Waals surface area (Å²) in [4.78, 5) is 46.5. The number of hydrogen-bond acceptors (Lipinski definition) is 5. The standard InChI is InChI=1S/C31H30ClF2N3O4/c1-2-41-30(40)25-18-31(19-37(25)29(39)27-24(34)10-11-26(32)35-27)12-14-36(15-13-31)28(38)22-8-6-20(7-9-22)16-21-4-3-5-23(33)17-21/h3-11,17,25H,2,12-16,18-19H2,1H3. The minimum Gasteiger partial charge on any atom is -0.464 e. The minimum absolute atomic E-state index is 0.0230. The summed E-state index contributed by atoms with van der Waals surface area (Å²) in [6, 6.07) is 15.2. The molecule has 2 aromatic carbocycles. The van der Waals surface area contributed by atoms with Gasteiger partial charge < -0.3 is 14.5 Å². The number of halogens is 3. The Kier molecular flexibility index (Phi) is 8.35. The average molecular weight is 582 g/mol. The van der Waals surface area contributed by atoms with E-state index >= 15 is 0 Å². The molecule has 2 saturated heterocycles. The summed E-state index contributed by atoms with van der Waals surface area (Å²) in [6.45, 7) is 2.96. The van der Waals surface area contributed by atoms with Crippen LogP contribution < -0.4 is 0 Å². The van der Waals surface area contributed by atoms with E-state index in [-0.39, 0.29) is 30.0 Å². The third kappa shape index (κ3) is 6.25. The number of pyridine rings is 1. The molecule has 0 radical (unpaired) electrons. The number of esters is 1. The van der Waals surface area contributed by atoms with Gasteiger partial charge in [0.15, 0.2) is 11.5 Å². The van der Waals surface area contributed by atoms with Crippen molar-refractivity contribution in [2.75, 3.05) is 26.2 Å². The van der Waals surface area contributed by atoms with Gasteiger partial charge in [0.2, 0.25) is 0 Å². The van der Waals surface area contributed by atoms with Gasteiger partial charge in [-0.05, 0) is 85.5 Å². The zero-order valence-corrected chi connectivity index (χ0v) is 23.4. The maximum atomic E-state index is 14.5. The quantitative estimate of drug-likeness (QED) is 0.291. The highest BCUT2D eigenvalue weighted by molar-refractivity contribution is 6.29. The van der Waals surface area contributed by atoms with Crippen molar-refractivity contribution >= 4 is 29.4 Å². The molecule has 5 rings (SSSR count). The number of piperidine rings is 1. The first-order chi connectivity index (χ1) is 19.7. The first-order valence-corrected chi connectivity index (χ1v) is 14.0. The summed E-state index contributed by atoms with van der Waals surface area (Å²) >= 11 is 5.91. The molecule has 1 spiro atoms. The van der Waals surface area contributed by atoms with E-state index in [1.165, 1.54) is 23.1 Å². The minimum atomic E-state index is -0.879. The number of nitrogens with zero attached hydrogens (tertiary/aromatic N) is 3. The van der Waals surface area contributed by atoms with Crippen LogP contribution in [0.25, 0.3) is 0 Å². The number of carbonyl (C=O) groups is 3. The molecule has 1 aromatic heterocycles. The second kappa shape index (κ2) is 11.9. The summed E-state index contributed by atoms with van der Waals surface area (Å²) in [6.07, 6.45) is 2.06. The van der Waals surface area contributed by atoms with Gasteiger partial charge in [-0.3, -0.25) is 9.59 Å². The number of amides is 2. The molecular formula is C31H30ClF2N3O4. The Morgan fingerprint density at radius 1 is 1.00 bits per heavy atom. The molecule has 2 amide bonds. The predicted octanol–water partition coefficient (Wildman–Crippen LogP) is 5.30. The maximum absolute atomic E-state index is 14.5. The Morgan fingerprint density at radius 2 is 1.73 bits per heavy atom. The lowest BCUT2D eigenvalue weighted by atomic mass is 9.76. The fourth-order valence-corrected chi connectivity index (χ4v) is 5.95. The molecule has 0 aliphatic carbocycles. The van der Waals surface area contributed by atoms with Crippen molar-refractivity contribution in [2.24, 2.45) is 5.41 Å². The summed E-state index contributed by atoms with van der Waals surface area (Å²) in [7, 11) is 0. The largest absolute Gasteiger partial charge is 0.464 e. The van der Waals surface area contributed by atoms with Crippen LogP contribution in [0.3, 0.4) is 0 Å². The van der Waals surface area contributed by atoms with Gasteiger partial charge in [-0.2, -0.15) is 0 Å². The molecule has 41 heavy (non-hydrogen) atoms. The first-order valence-electron chi connectivity index (χ1n) is 13.6. The van der Waals surface area contributed by atoms with Gasteiger partial charge in [0, 0.05) is 25.2 Å². The van der Waals surface area contributed by atoms with Crippen molar-refractivity contribution in [1.29, 1.82) is 0 Å². The van der Waals surface area contributed by atoms with E-state index in [0.717, 1.165) is 17.2 Å². The van der Waals surface area contributed by atoms with Crippen LogP contribution in [-0.4, -0.2) is 64.9 Å². The number of rotatable bonds is 6. The van der Waals surface area contributed by atoms with Gasteiger partial charge in [-0.1, -0.05) is 35.9 Å². The summed E-state index contributed by atoms with van der Waals surface area (Å²) in [5.41, 5.74) is 1.52. The van der Waals surface area contributed by atoms with Gasteiger partial charge >= 0.3 is 5.97 Å². The van der Waals surface area contributed by atoms with Crippen LogP contribution in [-0.2, 0) is 16.0 Å². The molecule has 3 aromatic rings. The molecule has 0 bridgehead atoms. The van der Waals surface area contributed by atoms with Crippen molar-refractivity contribution in [1.82, 2.24) is 14.8 Å². The van der Waals surface area contributed by atoms with E-state index in [1.807, 2.05) is 18.2 Å². The maximum Gasteiger partial charge on any atom is 0.328 e. The second-order valence-corrected chi connectivity index (χ2v) is 11.1. The predicted molar refractivity (Wildman–Crippen MR) is 148 cm³/mol. The second-order valence-electron chi connectivity index (χ2n) is 10.7. The highest BCUT2D eigenvalue weighted by atomic mass is 35.5. The van der Waals surface area contributed by atoms with Gasteiger partial charge in [0.1, 0.15) is 17.0 Å². The average Bonchev–Trinajstić information content (AvgIpc) is 3.33. The van der Waals surface area contributed by atoms with Crippen molar-refractivity contribution < 1.29 is 27.9 Å². The van der Waals surface area contributed by atoms with E-state index in [2.05, 4.69) is 4.98 Å². The fraction of sp³-hybridized carbons (Fsp3) is 0.355. The van der Waals surface area contributed by atoms with Crippen molar-refractivity contribution in [2.45, 2.75) is 38.6 Å². The molecule has 0 saturated carbocycles. The van der Waals surface area contributed by atoms with Crippen LogP contribution in [0.5, 0.6) is 0 Å². The molecule has 1 atom stereocenters. The number of ether oxygens (including phenoxy) is 1. The third-order valence-corrected chi connectivity index (χ3v) is 8.16. The fourth-order valence-electron chi connectivity index (χ4n) is 5.80. The molecule has 2 fully saturated rings. The lowest BCUT2D eigenvalue weighted by Crippen LogP contribution is -2.45. The molecule has 3 heterocycles. The number of hydrogen-bond donors (Lipinski definition) is 0. The zero-order valence-electron chi connectivity index (χ0n) is 22.6. The molecule has 0 N–H and O–H groups in total. The van der Waals surface area contributed by atoms with E-state index < -0.39 is 34.8 Å². The van der Waals surface area contributed by atoms with E-state index in [0.29, 0.717) is 44.3 Å². The Morgan fingerprint density at radius 3 is 2.41 bits per heavy atom. The summed E-state index contributed by atoms with van der Waals surface area (Å²) in [5, 5.41) is -0.0230. The van der Waals surface area contributed by atoms with Crippen LogP contribution in [0, 0.1) is 17.0 Å². The topological polar surface area (TPSA) is 79.8 Å². The smallest absolute Gasteiger partial charge is 0.328 e. The van der Waals surface area contributed by atoms with Crippen LogP contribution in [0.15, 0.2) is 60.7 Å². The third-order valence-electron chi connectivity index (χ3n) is 7.95. The van der Waals surface area contributed by atoms with Crippen LogP contribution >= 0.6 is 11.6 Å². The monoisotopic (exact) mass is 581 g/mol. The van der Waals surface area contributed by atoms with E-state index in [1.54, 1.807) is 30.0 Å². The van der Waals surface area contributed by atoms with Crippen LogP contribution in [0.4, 0.5) is 8.78 Å². The lowest BCUT2D eigenvalue weighted by Gasteiger charge is -2.39. The molecular weight excluding hydrogens is 552 g/mol. The number of carbonyl (C=O) groups excluding carboxylic acids is 3. The molecule has 7 nitrogen and oxygen atoms in total. The van der Waals surface area contributed by atoms with Crippen molar-refractivity contribution in [3.8, 4) is 0 Å². The van der Waals surface area contributed by atoms with Crippen molar-refractivity contribution in [3.63, 3.8) is 0 Å².